The van der Waals surface area contributed by atoms with E-state index in [4.69, 9.17) is 0 Å². The van der Waals surface area contributed by atoms with Crippen LogP contribution in [-0.2, 0) is 0 Å². The molecule has 18 heavy (non-hydrogen) atoms. The van der Waals surface area contributed by atoms with Crippen LogP contribution >= 0.6 is 11.8 Å². The van der Waals surface area contributed by atoms with Gasteiger partial charge in [-0.2, -0.15) is 0 Å². The predicted molar refractivity (Wildman–Crippen MR) is 78.0 cm³/mol. The van der Waals surface area contributed by atoms with E-state index in [2.05, 4.69) is 41.3 Å². The molecule has 0 bridgehead atoms. The van der Waals surface area contributed by atoms with Crippen LogP contribution in [0.2, 0.25) is 0 Å². The lowest BCUT2D eigenvalue weighted by atomic mass is 9.69. The van der Waals surface area contributed by atoms with Gasteiger partial charge in [0.15, 0.2) is 0 Å². The SMILES string of the molecule is c1ccc2c(c1)N[C@]1(CC[C@@H]3CCCC[C@H]3C1)S2. The van der Waals surface area contributed by atoms with Gasteiger partial charge in [0.05, 0.1) is 4.87 Å². The van der Waals surface area contributed by atoms with Crippen molar-refractivity contribution in [2.45, 2.75) is 54.7 Å². The van der Waals surface area contributed by atoms with Crippen molar-refractivity contribution in [3.8, 4) is 0 Å². The van der Waals surface area contributed by atoms with Crippen LogP contribution in [0.25, 0.3) is 0 Å². The summed E-state index contributed by atoms with van der Waals surface area (Å²) in [7, 11) is 0. The smallest absolute Gasteiger partial charge is 0.0883 e. The summed E-state index contributed by atoms with van der Waals surface area (Å²) in [5.74, 6) is 2.03. The van der Waals surface area contributed by atoms with Gasteiger partial charge in [-0.1, -0.05) is 49.6 Å². The van der Waals surface area contributed by atoms with E-state index >= 15 is 0 Å². The zero-order valence-corrected chi connectivity index (χ0v) is 11.6. The minimum Gasteiger partial charge on any atom is -0.369 e. The second-order valence-electron chi connectivity index (χ2n) is 6.26. The van der Waals surface area contributed by atoms with Crippen LogP contribution in [0.3, 0.4) is 0 Å². The van der Waals surface area contributed by atoms with E-state index in [0.29, 0.717) is 4.87 Å². The van der Waals surface area contributed by atoms with Crippen molar-refractivity contribution in [2.75, 3.05) is 5.32 Å². The summed E-state index contributed by atoms with van der Waals surface area (Å²) < 4.78 is 0. The van der Waals surface area contributed by atoms with Gasteiger partial charge in [-0.05, 0) is 43.2 Å². The van der Waals surface area contributed by atoms with E-state index < -0.39 is 0 Å². The molecule has 2 heteroatoms. The Kier molecular flexibility index (Phi) is 2.61. The van der Waals surface area contributed by atoms with Crippen LogP contribution < -0.4 is 5.32 Å². The molecule has 2 aliphatic carbocycles. The molecule has 1 N–H and O–H groups in total. The molecule has 0 aromatic heterocycles. The minimum absolute atomic E-state index is 0.336. The highest BCUT2D eigenvalue weighted by molar-refractivity contribution is 8.01. The number of benzene rings is 1. The fourth-order valence-electron chi connectivity index (χ4n) is 4.22. The molecule has 0 saturated heterocycles. The molecule has 1 spiro atoms. The standard InChI is InChI=1S/C16H21NS/c1-2-6-13-11-16(10-9-12(13)5-1)17-14-7-3-4-8-15(14)18-16/h3-4,7-8,12-13,17H,1-2,5-6,9-11H2/t12-,13-,16+/m0/s1. The average molecular weight is 259 g/mol. The van der Waals surface area contributed by atoms with Gasteiger partial charge >= 0.3 is 0 Å². The third-order valence-electron chi connectivity index (χ3n) is 5.13. The second-order valence-corrected chi connectivity index (χ2v) is 7.69. The third kappa shape index (κ3) is 1.77. The summed E-state index contributed by atoms with van der Waals surface area (Å²) in [5, 5.41) is 3.85. The van der Waals surface area contributed by atoms with Crippen LogP contribution in [0.5, 0.6) is 0 Å². The van der Waals surface area contributed by atoms with E-state index in [9.17, 15) is 0 Å². The van der Waals surface area contributed by atoms with Crippen molar-refractivity contribution in [2.24, 2.45) is 11.8 Å². The number of anilines is 1. The largest absolute Gasteiger partial charge is 0.369 e. The van der Waals surface area contributed by atoms with Gasteiger partial charge in [0.1, 0.15) is 0 Å². The molecule has 4 rings (SSSR count). The van der Waals surface area contributed by atoms with E-state index in [-0.39, 0.29) is 0 Å². The molecule has 1 aromatic rings. The monoisotopic (exact) mass is 259 g/mol. The lowest BCUT2D eigenvalue weighted by Gasteiger charge is -2.44. The van der Waals surface area contributed by atoms with Crippen LogP contribution in [0.15, 0.2) is 29.2 Å². The first kappa shape index (κ1) is 11.2. The maximum Gasteiger partial charge on any atom is 0.0883 e. The molecule has 1 aromatic carbocycles. The number of hydrogen-bond acceptors (Lipinski definition) is 2. The Bertz CT molecular complexity index is 431. The van der Waals surface area contributed by atoms with Gasteiger partial charge < -0.3 is 5.32 Å². The maximum atomic E-state index is 3.85. The van der Waals surface area contributed by atoms with Gasteiger partial charge in [-0.15, -0.1) is 0 Å². The van der Waals surface area contributed by atoms with Crippen molar-refractivity contribution in [1.29, 1.82) is 0 Å². The van der Waals surface area contributed by atoms with Crippen LogP contribution in [0.4, 0.5) is 5.69 Å². The van der Waals surface area contributed by atoms with Gasteiger partial charge in [-0.3, -0.25) is 0 Å². The number of nitrogens with one attached hydrogen (secondary N) is 1. The first-order valence-corrected chi connectivity index (χ1v) is 8.23. The fraction of sp³-hybridized carbons (Fsp3) is 0.625. The van der Waals surface area contributed by atoms with Crippen molar-refractivity contribution in [1.82, 2.24) is 0 Å². The normalized spacial score (nSPS) is 38.0. The number of thioether (sulfide) groups is 1. The Balaban J connectivity index is 1.57. The molecule has 0 amide bonds. The summed E-state index contributed by atoms with van der Waals surface area (Å²) in [6.07, 6.45) is 10.1. The topological polar surface area (TPSA) is 12.0 Å². The number of hydrogen-bond donors (Lipinski definition) is 1. The average Bonchev–Trinajstić information content (AvgIpc) is 2.76. The zero-order chi connectivity index (χ0) is 12.0. The van der Waals surface area contributed by atoms with Crippen molar-refractivity contribution < 1.29 is 0 Å². The molecule has 2 saturated carbocycles. The summed E-state index contributed by atoms with van der Waals surface area (Å²) in [6.45, 7) is 0. The molecule has 2 fully saturated rings. The Morgan fingerprint density at radius 3 is 2.78 bits per heavy atom. The molecule has 0 radical (unpaired) electrons. The lowest BCUT2D eigenvalue weighted by Crippen LogP contribution is -2.41. The lowest BCUT2D eigenvalue weighted by molar-refractivity contribution is 0.153. The Morgan fingerprint density at radius 2 is 1.89 bits per heavy atom. The summed E-state index contributed by atoms with van der Waals surface area (Å²) in [5.41, 5.74) is 1.37. The molecule has 96 valence electrons. The van der Waals surface area contributed by atoms with E-state index in [0.717, 1.165) is 11.8 Å². The minimum atomic E-state index is 0.336. The quantitative estimate of drug-likeness (QED) is 0.712. The van der Waals surface area contributed by atoms with Crippen LogP contribution in [0.1, 0.15) is 44.9 Å². The summed E-state index contributed by atoms with van der Waals surface area (Å²) >= 11 is 2.10. The Morgan fingerprint density at radius 1 is 1.06 bits per heavy atom. The van der Waals surface area contributed by atoms with Crippen molar-refractivity contribution >= 4 is 17.4 Å². The van der Waals surface area contributed by atoms with Gasteiger partial charge in [0.2, 0.25) is 0 Å². The first-order valence-electron chi connectivity index (χ1n) is 7.41. The molecular formula is C16H21NS. The van der Waals surface area contributed by atoms with E-state index in [1.165, 1.54) is 55.5 Å². The van der Waals surface area contributed by atoms with Crippen molar-refractivity contribution in [3.63, 3.8) is 0 Å². The summed E-state index contributed by atoms with van der Waals surface area (Å²) in [4.78, 5) is 1.80. The molecule has 0 unspecified atom stereocenters. The van der Waals surface area contributed by atoms with E-state index in [1.54, 1.807) is 0 Å². The van der Waals surface area contributed by atoms with Crippen LogP contribution in [0, 0.1) is 11.8 Å². The Labute approximate surface area is 114 Å². The van der Waals surface area contributed by atoms with Crippen molar-refractivity contribution in [3.05, 3.63) is 24.3 Å². The first-order chi connectivity index (χ1) is 8.85. The highest BCUT2D eigenvalue weighted by atomic mass is 32.2. The second kappa shape index (κ2) is 4.19. The highest BCUT2D eigenvalue weighted by Crippen LogP contribution is 2.56. The maximum absolute atomic E-state index is 3.85. The van der Waals surface area contributed by atoms with Gasteiger partial charge in [0, 0.05) is 10.6 Å². The predicted octanol–water partition coefficient (Wildman–Crippen LogP) is 4.89. The molecule has 3 aliphatic rings. The fourth-order valence-corrected chi connectivity index (χ4v) is 5.70. The van der Waals surface area contributed by atoms with E-state index in [1.807, 2.05) is 0 Å². The molecule has 3 atom stereocenters. The number of fused-ring (bicyclic) bond motifs is 2. The molecule has 1 nitrogen and oxygen atoms in total. The molecule has 1 heterocycles. The number of para-hydroxylation sites is 1. The zero-order valence-electron chi connectivity index (χ0n) is 10.8. The van der Waals surface area contributed by atoms with Crippen LogP contribution in [-0.4, -0.2) is 4.87 Å². The third-order valence-corrected chi connectivity index (χ3v) is 6.57. The Hall–Kier alpha value is -0.630. The summed E-state index contributed by atoms with van der Waals surface area (Å²) in [6, 6.07) is 8.83. The highest BCUT2D eigenvalue weighted by Gasteiger charge is 2.45. The molecular weight excluding hydrogens is 238 g/mol. The van der Waals surface area contributed by atoms with Gasteiger partial charge in [0.25, 0.3) is 0 Å². The van der Waals surface area contributed by atoms with Gasteiger partial charge in [-0.25, -0.2) is 0 Å². The number of rotatable bonds is 0. The molecule has 1 aliphatic heterocycles.